The van der Waals surface area contributed by atoms with Gasteiger partial charge in [0.1, 0.15) is 5.82 Å². The third-order valence-electron chi connectivity index (χ3n) is 2.67. The Bertz CT molecular complexity index is 547. The maximum Gasteiger partial charge on any atom is 0.336 e. The summed E-state index contributed by atoms with van der Waals surface area (Å²) in [5.41, 5.74) is 2.10. The molecule has 0 fully saturated rings. The van der Waals surface area contributed by atoms with Gasteiger partial charge in [-0.15, -0.1) is 0 Å². The summed E-state index contributed by atoms with van der Waals surface area (Å²) in [6.45, 7) is 7.76. The van der Waals surface area contributed by atoms with Gasteiger partial charge in [0.25, 0.3) is 0 Å². The molecule has 1 rings (SSSR count). The summed E-state index contributed by atoms with van der Waals surface area (Å²) >= 11 is 0. The van der Waals surface area contributed by atoms with Crippen LogP contribution in [0.4, 0.5) is 5.82 Å². The van der Waals surface area contributed by atoms with Crippen molar-refractivity contribution in [2.24, 2.45) is 0 Å². The zero-order valence-corrected chi connectivity index (χ0v) is 13.4. The molecule has 6 nitrogen and oxygen atoms in total. The van der Waals surface area contributed by atoms with Gasteiger partial charge in [-0.2, -0.15) is 0 Å². The fourth-order valence-corrected chi connectivity index (χ4v) is 1.85. The van der Waals surface area contributed by atoms with E-state index >= 15 is 0 Å². The number of aromatic nitrogens is 1. The van der Waals surface area contributed by atoms with Crippen LogP contribution in [-0.2, 0) is 19.1 Å². The molecule has 1 N–H and O–H groups in total. The zero-order valence-electron chi connectivity index (χ0n) is 13.4. The van der Waals surface area contributed by atoms with Crippen molar-refractivity contribution in [2.75, 3.05) is 18.5 Å². The topological polar surface area (TPSA) is 77.5 Å². The Balaban J connectivity index is 2.88. The number of hydrogen-bond acceptors (Lipinski definition) is 6. The number of pyridine rings is 1. The SMILES string of the molecule is CCOC(=O)C/C(=C/Nc1cc(C)cc(C)n1)C(=O)OCC. The third-order valence-corrected chi connectivity index (χ3v) is 2.67. The first-order valence-electron chi connectivity index (χ1n) is 7.19. The molecule has 1 aromatic heterocycles. The van der Waals surface area contributed by atoms with E-state index in [-0.39, 0.29) is 25.2 Å². The minimum atomic E-state index is -0.549. The number of nitrogens with one attached hydrogen (secondary N) is 1. The van der Waals surface area contributed by atoms with Crippen molar-refractivity contribution in [1.29, 1.82) is 0 Å². The van der Waals surface area contributed by atoms with Crippen LogP contribution in [0.5, 0.6) is 0 Å². The number of ether oxygens (including phenoxy) is 2. The van der Waals surface area contributed by atoms with Gasteiger partial charge >= 0.3 is 11.9 Å². The molecule has 0 bridgehead atoms. The molecule has 0 spiro atoms. The quantitative estimate of drug-likeness (QED) is 0.616. The van der Waals surface area contributed by atoms with Gasteiger partial charge in [-0.25, -0.2) is 9.78 Å². The Morgan fingerprint density at radius 2 is 1.86 bits per heavy atom. The summed E-state index contributed by atoms with van der Waals surface area (Å²) in [5, 5.41) is 2.93. The van der Waals surface area contributed by atoms with Crippen LogP contribution in [0.1, 0.15) is 31.5 Å². The fourth-order valence-electron chi connectivity index (χ4n) is 1.85. The van der Waals surface area contributed by atoms with Crippen LogP contribution in [0.2, 0.25) is 0 Å². The molecule has 0 aliphatic rings. The maximum atomic E-state index is 11.9. The predicted molar refractivity (Wildman–Crippen MR) is 83.3 cm³/mol. The van der Waals surface area contributed by atoms with Crippen molar-refractivity contribution < 1.29 is 19.1 Å². The van der Waals surface area contributed by atoms with Crippen LogP contribution < -0.4 is 5.32 Å². The minimum absolute atomic E-state index is 0.148. The first-order chi connectivity index (χ1) is 10.5. The summed E-state index contributed by atoms with van der Waals surface area (Å²) in [7, 11) is 0. The number of carbonyl (C=O) groups is 2. The van der Waals surface area contributed by atoms with Gasteiger partial charge in [0.05, 0.1) is 25.2 Å². The Hall–Kier alpha value is -2.37. The normalized spacial score (nSPS) is 11.0. The number of carbonyl (C=O) groups excluding carboxylic acids is 2. The molecule has 22 heavy (non-hydrogen) atoms. The molecule has 1 aromatic rings. The van der Waals surface area contributed by atoms with Gasteiger partial charge in [-0.05, 0) is 45.4 Å². The van der Waals surface area contributed by atoms with Gasteiger partial charge in [-0.1, -0.05) is 0 Å². The van der Waals surface area contributed by atoms with Gasteiger partial charge in [0.2, 0.25) is 0 Å². The lowest BCUT2D eigenvalue weighted by Gasteiger charge is -2.08. The third kappa shape index (κ3) is 5.95. The van der Waals surface area contributed by atoms with E-state index in [1.165, 1.54) is 6.20 Å². The van der Waals surface area contributed by atoms with Crippen LogP contribution in [0, 0.1) is 13.8 Å². The van der Waals surface area contributed by atoms with Crippen LogP contribution in [-0.4, -0.2) is 30.1 Å². The number of esters is 2. The second-order valence-electron chi connectivity index (χ2n) is 4.69. The number of rotatable bonds is 7. The zero-order chi connectivity index (χ0) is 16.5. The molecule has 0 aliphatic heterocycles. The number of aryl methyl sites for hydroxylation is 2. The average molecular weight is 306 g/mol. The smallest absolute Gasteiger partial charge is 0.336 e. The predicted octanol–water partition coefficient (Wildman–Crippen LogP) is 2.51. The average Bonchev–Trinajstić information content (AvgIpc) is 2.42. The molecule has 0 saturated heterocycles. The van der Waals surface area contributed by atoms with E-state index in [9.17, 15) is 9.59 Å². The van der Waals surface area contributed by atoms with Gasteiger partial charge in [-0.3, -0.25) is 4.79 Å². The molecular formula is C16H22N2O4. The largest absolute Gasteiger partial charge is 0.466 e. The van der Waals surface area contributed by atoms with Gasteiger partial charge < -0.3 is 14.8 Å². The molecule has 0 atom stereocenters. The highest BCUT2D eigenvalue weighted by Gasteiger charge is 2.16. The maximum absolute atomic E-state index is 11.9. The van der Waals surface area contributed by atoms with Crippen molar-refractivity contribution >= 4 is 17.8 Å². The van der Waals surface area contributed by atoms with E-state index in [1.54, 1.807) is 13.8 Å². The lowest BCUT2D eigenvalue weighted by atomic mass is 10.2. The van der Waals surface area contributed by atoms with Crippen molar-refractivity contribution in [3.63, 3.8) is 0 Å². The highest BCUT2D eigenvalue weighted by Crippen LogP contribution is 2.12. The molecule has 120 valence electrons. The Labute approximate surface area is 130 Å². The van der Waals surface area contributed by atoms with Crippen molar-refractivity contribution in [3.05, 3.63) is 35.2 Å². The molecule has 0 saturated carbocycles. The molecule has 0 amide bonds. The molecule has 6 heteroatoms. The van der Waals surface area contributed by atoms with E-state index in [0.29, 0.717) is 5.82 Å². The standard InChI is InChI=1S/C16H22N2O4/c1-5-21-15(19)9-13(16(20)22-6-2)10-17-14-8-11(3)7-12(4)18-14/h7-8,10H,5-6,9H2,1-4H3,(H,17,18)/b13-10-. The first kappa shape index (κ1) is 17.7. The first-order valence-corrected chi connectivity index (χ1v) is 7.19. The summed E-state index contributed by atoms with van der Waals surface area (Å²) < 4.78 is 9.80. The second kappa shape index (κ2) is 8.81. The lowest BCUT2D eigenvalue weighted by Crippen LogP contribution is -2.15. The van der Waals surface area contributed by atoms with Crippen LogP contribution in [0.3, 0.4) is 0 Å². The fraction of sp³-hybridized carbons (Fsp3) is 0.438. The summed E-state index contributed by atoms with van der Waals surface area (Å²) in [6.07, 6.45) is 1.29. The molecule has 0 aromatic carbocycles. The molecule has 0 aliphatic carbocycles. The Kier molecular flexibility index (Phi) is 7.08. The molecular weight excluding hydrogens is 284 g/mol. The number of hydrogen-bond donors (Lipinski definition) is 1. The van der Waals surface area contributed by atoms with E-state index in [4.69, 9.17) is 9.47 Å². The lowest BCUT2D eigenvalue weighted by molar-refractivity contribution is -0.145. The minimum Gasteiger partial charge on any atom is -0.466 e. The number of anilines is 1. The summed E-state index contributed by atoms with van der Waals surface area (Å²) in [4.78, 5) is 27.7. The van der Waals surface area contributed by atoms with Crippen LogP contribution >= 0.6 is 0 Å². The van der Waals surface area contributed by atoms with Crippen LogP contribution in [0.25, 0.3) is 0 Å². The van der Waals surface area contributed by atoms with E-state index in [2.05, 4.69) is 10.3 Å². The Morgan fingerprint density at radius 3 is 2.45 bits per heavy atom. The highest BCUT2D eigenvalue weighted by atomic mass is 16.5. The van der Waals surface area contributed by atoms with Gasteiger partial charge in [0.15, 0.2) is 0 Å². The number of nitrogens with zero attached hydrogens (tertiary/aromatic N) is 1. The van der Waals surface area contributed by atoms with Crippen LogP contribution in [0.15, 0.2) is 23.9 Å². The summed E-state index contributed by atoms with van der Waals surface area (Å²) in [5.74, 6) is -0.424. The molecule has 1 heterocycles. The highest BCUT2D eigenvalue weighted by molar-refractivity contribution is 5.94. The van der Waals surface area contributed by atoms with Crippen molar-refractivity contribution in [2.45, 2.75) is 34.1 Å². The second-order valence-corrected chi connectivity index (χ2v) is 4.69. The van der Waals surface area contributed by atoms with E-state index in [1.807, 2.05) is 26.0 Å². The van der Waals surface area contributed by atoms with E-state index < -0.39 is 11.9 Å². The van der Waals surface area contributed by atoms with Gasteiger partial charge in [0, 0.05) is 11.9 Å². The Morgan fingerprint density at radius 1 is 1.18 bits per heavy atom. The monoisotopic (exact) mass is 306 g/mol. The van der Waals surface area contributed by atoms with Crippen molar-refractivity contribution in [1.82, 2.24) is 4.98 Å². The van der Waals surface area contributed by atoms with Crippen molar-refractivity contribution in [3.8, 4) is 0 Å². The molecule has 0 unspecified atom stereocenters. The molecule has 0 radical (unpaired) electrons. The van der Waals surface area contributed by atoms with E-state index in [0.717, 1.165) is 11.3 Å². The summed E-state index contributed by atoms with van der Waals surface area (Å²) in [6, 6.07) is 3.79.